The van der Waals surface area contributed by atoms with Gasteiger partial charge >= 0.3 is 0 Å². The van der Waals surface area contributed by atoms with Gasteiger partial charge < -0.3 is 5.73 Å². The normalized spacial score (nSPS) is 10.2. The molecule has 4 nitrogen and oxygen atoms in total. The van der Waals surface area contributed by atoms with Gasteiger partial charge in [-0.05, 0) is 12.1 Å². The van der Waals surface area contributed by atoms with Crippen LogP contribution < -0.4 is 5.73 Å². The summed E-state index contributed by atoms with van der Waals surface area (Å²) in [7, 11) is 0. The van der Waals surface area contributed by atoms with Gasteiger partial charge in [0.1, 0.15) is 0 Å². The van der Waals surface area contributed by atoms with Crippen molar-refractivity contribution < 1.29 is 9.59 Å². The van der Waals surface area contributed by atoms with Crippen LogP contribution in [0.15, 0.2) is 24.5 Å². The first kappa shape index (κ1) is 9.12. The Bertz CT molecular complexity index is 358. The van der Waals surface area contributed by atoms with Crippen LogP contribution in [0.1, 0.15) is 15.9 Å². The van der Waals surface area contributed by atoms with Crippen LogP contribution in [0.2, 0.25) is 0 Å². The zero-order valence-corrected chi connectivity index (χ0v) is 6.81. The Morgan fingerprint density at radius 1 is 1.46 bits per heavy atom. The molecule has 4 heteroatoms. The summed E-state index contributed by atoms with van der Waals surface area (Å²) in [6, 6.07) is 1.56. The number of hydrogen-bond donors (Lipinski definition) is 1. The highest BCUT2D eigenvalue weighted by atomic mass is 16.1. The number of aldehydes is 1. The van der Waals surface area contributed by atoms with E-state index in [1.54, 1.807) is 6.07 Å². The minimum absolute atomic E-state index is 0.479. The average Bonchev–Trinajstić information content (AvgIpc) is 2.15. The highest BCUT2D eigenvalue weighted by molar-refractivity contribution is 5.92. The Balaban J connectivity index is 3.00. The van der Waals surface area contributed by atoms with Crippen LogP contribution in [0.3, 0.4) is 0 Å². The molecule has 66 valence electrons. The number of pyridine rings is 1. The van der Waals surface area contributed by atoms with Gasteiger partial charge in [-0.25, -0.2) is 0 Å². The molecule has 0 aliphatic rings. The van der Waals surface area contributed by atoms with Crippen molar-refractivity contribution in [1.82, 2.24) is 4.98 Å². The van der Waals surface area contributed by atoms with Crippen LogP contribution in [-0.2, 0) is 4.79 Å². The third-order valence-electron chi connectivity index (χ3n) is 1.44. The predicted octanol–water partition coefficient (Wildman–Crippen LogP) is 0.393. The second-order valence-corrected chi connectivity index (χ2v) is 2.36. The van der Waals surface area contributed by atoms with E-state index in [4.69, 9.17) is 5.73 Å². The molecule has 2 N–H and O–H groups in total. The molecular formula is C9H8N2O2. The number of rotatable bonds is 3. The van der Waals surface area contributed by atoms with Crippen molar-refractivity contribution in [3.8, 4) is 0 Å². The van der Waals surface area contributed by atoms with Crippen molar-refractivity contribution in [2.75, 3.05) is 0 Å². The van der Waals surface area contributed by atoms with Crippen molar-refractivity contribution in [1.29, 1.82) is 0 Å². The molecule has 0 atom stereocenters. The van der Waals surface area contributed by atoms with E-state index in [0.29, 0.717) is 17.4 Å². The van der Waals surface area contributed by atoms with Gasteiger partial charge in [0.25, 0.3) is 0 Å². The Labute approximate surface area is 75.1 Å². The smallest absolute Gasteiger partial charge is 0.241 e. The molecule has 0 saturated heterocycles. The molecule has 1 heterocycles. The number of carbonyl (C=O) groups excluding carboxylic acids is 2. The van der Waals surface area contributed by atoms with Gasteiger partial charge in [0, 0.05) is 29.6 Å². The van der Waals surface area contributed by atoms with E-state index in [-0.39, 0.29) is 0 Å². The Kier molecular flexibility index (Phi) is 2.92. The highest BCUT2D eigenvalue weighted by Gasteiger charge is 1.96. The SMILES string of the molecule is NC(=O)C=Cc1cnccc1C=O. The lowest BCUT2D eigenvalue weighted by Crippen LogP contribution is -2.05. The zero-order valence-electron chi connectivity index (χ0n) is 6.81. The second kappa shape index (κ2) is 4.15. The molecule has 1 amide bonds. The molecule has 0 fully saturated rings. The summed E-state index contributed by atoms with van der Waals surface area (Å²) in [5.41, 5.74) is 5.96. The molecule has 0 bridgehead atoms. The first-order chi connectivity index (χ1) is 6.24. The van der Waals surface area contributed by atoms with Gasteiger partial charge in [-0.3, -0.25) is 14.6 Å². The third kappa shape index (κ3) is 2.52. The van der Waals surface area contributed by atoms with Gasteiger partial charge in [-0.15, -0.1) is 0 Å². The quantitative estimate of drug-likeness (QED) is 0.535. The average molecular weight is 176 g/mol. The molecule has 0 aliphatic carbocycles. The van der Waals surface area contributed by atoms with Crippen molar-refractivity contribution in [3.05, 3.63) is 35.7 Å². The van der Waals surface area contributed by atoms with E-state index in [1.165, 1.54) is 24.5 Å². The summed E-state index contributed by atoms with van der Waals surface area (Å²) in [6.45, 7) is 0. The molecule has 0 aliphatic heterocycles. The standard InChI is InChI=1S/C9H8N2O2/c10-9(13)2-1-7-5-11-4-3-8(7)6-12/h1-6H,(H2,10,13). The fourth-order valence-electron chi connectivity index (χ4n) is 0.836. The minimum Gasteiger partial charge on any atom is -0.366 e. The maximum Gasteiger partial charge on any atom is 0.241 e. The Morgan fingerprint density at radius 3 is 2.85 bits per heavy atom. The van der Waals surface area contributed by atoms with E-state index in [1.807, 2.05) is 0 Å². The summed E-state index contributed by atoms with van der Waals surface area (Å²) >= 11 is 0. The van der Waals surface area contributed by atoms with E-state index in [0.717, 1.165) is 0 Å². The molecule has 0 radical (unpaired) electrons. The van der Waals surface area contributed by atoms with Crippen molar-refractivity contribution >= 4 is 18.3 Å². The van der Waals surface area contributed by atoms with E-state index >= 15 is 0 Å². The number of nitrogens with two attached hydrogens (primary N) is 1. The summed E-state index contributed by atoms with van der Waals surface area (Å²) in [4.78, 5) is 24.7. The van der Waals surface area contributed by atoms with E-state index < -0.39 is 5.91 Å². The van der Waals surface area contributed by atoms with Crippen LogP contribution in [0, 0.1) is 0 Å². The molecule has 13 heavy (non-hydrogen) atoms. The summed E-state index contributed by atoms with van der Waals surface area (Å²) in [5, 5.41) is 0. The highest BCUT2D eigenvalue weighted by Crippen LogP contribution is 2.05. The topological polar surface area (TPSA) is 73.1 Å². The number of carbonyl (C=O) groups is 2. The minimum atomic E-state index is -0.555. The second-order valence-electron chi connectivity index (χ2n) is 2.36. The maximum absolute atomic E-state index is 10.5. The van der Waals surface area contributed by atoms with Crippen LogP contribution in [0.4, 0.5) is 0 Å². The van der Waals surface area contributed by atoms with Gasteiger partial charge in [0.15, 0.2) is 6.29 Å². The zero-order chi connectivity index (χ0) is 9.68. The molecule has 0 aromatic carbocycles. The fraction of sp³-hybridized carbons (Fsp3) is 0. The molecule has 0 unspecified atom stereocenters. The van der Waals surface area contributed by atoms with E-state index in [2.05, 4.69) is 4.98 Å². The number of aromatic nitrogens is 1. The molecule has 1 aromatic heterocycles. The monoisotopic (exact) mass is 176 g/mol. The largest absolute Gasteiger partial charge is 0.366 e. The van der Waals surface area contributed by atoms with Gasteiger partial charge in [0.2, 0.25) is 5.91 Å². The molecule has 1 aromatic rings. The van der Waals surface area contributed by atoms with Gasteiger partial charge in [-0.1, -0.05) is 0 Å². The van der Waals surface area contributed by atoms with Crippen molar-refractivity contribution in [2.45, 2.75) is 0 Å². The predicted molar refractivity (Wildman–Crippen MR) is 47.9 cm³/mol. The molecule has 0 spiro atoms. The lowest BCUT2D eigenvalue weighted by atomic mass is 10.1. The number of hydrogen-bond acceptors (Lipinski definition) is 3. The van der Waals surface area contributed by atoms with Crippen LogP contribution >= 0.6 is 0 Å². The van der Waals surface area contributed by atoms with Gasteiger partial charge in [0.05, 0.1) is 0 Å². The lowest BCUT2D eigenvalue weighted by Gasteiger charge is -1.94. The van der Waals surface area contributed by atoms with Crippen LogP contribution in [0.25, 0.3) is 6.08 Å². The molecular weight excluding hydrogens is 168 g/mol. The van der Waals surface area contributed by atoms with Crippen LogP contribution in [-0.4, -0.2) is 17.2 Å². The number of primary amides is 1. The van der Waals surface area contributed by atoms with Crippen molar-refractivity contribution in [2.24, 2.45) is 5.73 Å². The first-order valence-corrected chi connectivity index (χ1v) is 3.60. The summed E-state index contributed by atoms with van der Waals surface area (Å²) in [6.07, 6.45) is 6.33. The molecule has 1 rings (SSSR count). The Hall–Kier alpha value is -1.97. The number of amides is 1. The van der Waals surface area contributed by atoms with Crippen LogP contribution in [0.5, 0.6) is 0 Å². The fourth-order valence-corrected chi connectivity index (χ4v) is 0.836. The van der Waals surface area contributed by atoms with Crippen molar-refractivity contribution in [3.63, 3.8) is 0 Å². The molecule has 0 saturated carbocycles. The maximum atomic E-state index is 10.5. The lowest BCUT2D eigenvalue weighted by molar-refractivity contribution is -0.113. The summed E-state index contributed by atoms with van der Waals surface area (Å²) in [5.74, 6) is -0.555. The first-order valence-electron chi connectivity index (χ1n) is 3.60. The van der Waals surface area contributed by atoms with Gasteiger partial charge in [-0.2, -0.15) is 0 Å². The third-order valence-corrected chi connectivity index (χ3v) is 1.44. The van der Waals surface area contributed by atoms with E-state index in [9.17, 15) is 9.59 Å². The Morgan fingerprint density at radius 2 is 2.23 bits per heavy atom. The number of nitrogens with zero attached hydrogens (tertiary/aromatic N) is 1. The summed E-state index contributed by atoms with van der Waals surface area (Å²) < 4.78 is 0.